The lowest BCUT2D eigenvalue weighted by Crippen LogP contribution is -2.10. The second-order valence-corrected chi connectivity index (χ2v) is 7.55. The Kier molecular flexibility index (Phi) is 4.78. The molecule has 5 rings (SSSR count). The molecule has 0 heterocycles. The fraction of sp³-hybridized carbons (Fsp3) is 0.0345. The average molecular weight is 386 g/mol. The lowest BCUT2D eigenvalue weighted by atomic mass is 10.00. The average Bonchev–Trinajstić information content (AvgIpc) is 2.84. The molecule has 1 heteroatoms. The van der Waals surface area contributed by atoms with Gasteiger partial charge < -0.3 is 4.90 Å². The number of nitrogens with zero attached hydrogens (tertiary/aromatic N) is 1. The van der Waals surface area contributed by atoms with Gasteiger partial charge in [0.1, 0.15) is 0 Å². The molecule has 5 aromatic carbocycles. The van der Waals surface area contributed by atoms with E-state index in [0.717, 1.165) is 0 Å². The Morgan fingerprint density at radius 3 is 1.83 bits per heavy atom. The maximum absolute atomic E-state index is 2.27. The molecule has 0 N–H and O–H groups in total. The van der Waals surface area contributed by atoms with Crippen molar-refractivity contribution in [3.63, 3.8) is 0 Å². The molecule has 0 saturated carbocycles. The summed E-state index contributed by atoms with van der Waals surface area (Å²) in [6.07, 6.45) is 0. The van der Waals surface area contributed by atoms with Gasteiger partial charge in [0.2, 0.25) is 0 Å². The van der Waals surface area contributed by atoms with Gasteiger partial charge in [0, 0.05) is 24.0 Å². The Morgan fingerprint density at radius 2 is 1.07 bits per heavy atom. The summed E-state index contributed by atoms with van der Waals surface area (Å²) in [5.74, 6) is 0. The van der Waals surface area contributed by atoms with E-state index in [1.165, 1.54) is 44.4 Å². The molecule has 0 unspecified atom stereocenters. The molecule has 0 fully saturated rings. The quantitative estimate of drug-likeness (QED) is 0.303. The molecule has 0 aromatic heterocycles. The van der Waals surface area contributed by atoms with Crippen LogP contribution in [0.25, 0.3) is 33.0 Å². The van der Waals surface area contributed by atoms with Crippen LogP contribution in [-0.4, -0.2) is 7.05 Å². The van der Waals surface area contributed by atoms with Crippen LogP contribution in [0.1, 0.15) is 0 Å². The van der Waals surface area contributed by atoms with Crippen LogP contribution in [0.4, 0.5) is 11.4 Å². The SMILES string of the molecule is CN(c1ccc2cc(-c3ccccc3)ccc2c1)c1ccccc1-c1ccccc1. The number of para-hydroxylation sites is 1. The molecule has 144 valence electrons. The number of hydrogen-bond donors (Lipinski definition) is 0. The summed E-state index contributed by atoms with van der Waals surface area (Å²) >= 11 is 0. The smallest absolute Gasteiger partial charge is 0.0487 e. The van der Waals surface area contributed by atoms with Crippen LogP contribution >= 0.6 is 0 Å². The highest BCUT2D eigenvalue weighted by atomic mass is 15.1. The highest BCUT2D eigenvalue weighted by Gasteiger charge is 2.11. The maximum atomic E-state index is 2.27. The third kappa shape index (κ3) is 3.46. The van der Waals surface area contributed by atoms with Crippen molar-refractivity contribution in [3.05, 3.63) is 121 Å². The molecule has 0 radical (unpaired) electrons. The van der Waals surface area contributed by atoms with Gasteiger partial charge in [-0.25, -0.2) is 0 Å². The molecule has 0 aliphatic heterocycles. The lowest BCUT2D eigenvalue weighted by molar-refractivity contribution is 1.21. The number of hydrogen-bond acceptors (Lipinski definition) is 1. The fourth-order valence-corrected chi connectivity index (χ4v) is 4.02. The lowest BCUT2D eigenvalue weighted by Gasteiger charge is -2.23. The van der Waals surface area contributed by atoms with Gasteiger partial charge in [0.25, 0.3) is 0 Å². The van der Waals surface area contributed by atoms with Crippen molar-refractivity contribution in [2.75, 3.05) is 11.9 Å². The predicted octanol–water partition coefficient (Wildman–Crippen LogP) is 7.94. The molecule has 0 atom stereocenters. The minimum absolute atomic E-state index is 1.18. The van der Waals surface area contributed by atoms with Crippen LogP contribution in [0.3, 0.4) is 0 Å². The van der Waals surface area contributed by atoms with Crippen LogP contribution in [0.2, 0.25) is 0 Å². The summed E-state index contributed by atoms with van der Waals surface area (Å²) in [5, 5.41) is 2.50. The summed E-state index contributed by atoms with van der Waals surface area (Å²) in [6.45, 7) is 0. The van der Waals surface area contributed by atoms with Gasteiger partial charge in [-0.3, -0.25) is 0 Å². The zero-order valence-electron chi connectivity index (χ0n) is 17.0. The van der Waals surface area contributed by atoms with Crippen molar-refractivity contribution in [3.8, 4) is 22.3 Å². The number of rotatable bonds is 4. The minimum Gasteiger partial charge on any atom is -0.344 e. The van der Waals surface area contributed by atoms with E-state index in [4.69, 9.17) is 0 Å². The maximum Gasteiger partial charge on any atom is 0.0487 e. The number of anilines is 2. The Balaban J connectivity index is 1.53. The van der Waals surface area contributed by atoms with Crippen molar-refractivity contribution in [2.24, 2.45) is 0 Å². The van der Waals surface area contributed by atoms with Crippen molar-refractivity contribution in [1.29, 1.82) is 0 Å². The standard InChI is InChI=1S/C29H23N/c1-30(29-15-9-8-14-28(29)23-12-6-3-7-13-23)27-19-18-25-20-24(16-17-26(25)21-27)22-10-4-2-5-11-22/h2-21H,1H3. The molecular weight excluding hydrogens is 362 g/mol. The second kappa shape index (κ2) is 7.88. The molecule has 0 spiro atoms. The molecular formula is C29H23N. The highest BCUT2D eigenvalue weighted by Crippen LogP contribution is 2.35. The Labute approximate surface area is 177 Å². The van der Waals surface area contributed by atoms with Gasteiger partial charge in [-0.05, 0) is 51.7 Å². The van der Waals surface area contributed by atoms with Crippen LogP contribution in [0.5, 0.6) is 0 Å². The van der Waals surface area contributed by atoms with E-state index < -0.39 is 0 Å². The zero-order valence-corrected chi connectivity index (χ0v) is 17.0. The molecule has 0 bridgehead atoms. The van der Waals surface area contributed by atoms with Crippen molar-refractivity contribution in [2.45, 2.75) is 0 Å². The van der Waals surface area contributed by atoms with Crippen LogP contribution < -0.4 is 4.90 Å². The normalized spacial score (nSPS) is 10.8. The molecule has 0 amide bonds. The van der Waals surface area contributed by atoms with Gasteiger partial charge in [0.15, 0.2) is 0 Å². The van der Waals surface area contributed by atoms with Crippen LogP contribution in [0.15, 0.2) is 121 Å². The Morgan fingerprint density at radius 1 is 0.467 bits per heavy atom. The first-order valence-electron chi connectivity index (χ1n) is 10.3. The third-order valence-corrected chi connectivity index (χ3v) is 5.67. The summed E-state index contributed by atoms with van der Waals surface area (Å²) < 4.78 is 0. The molecule has 0 aliphatic carbocycles. The summed E-state index contributed by atoms with van der Waals surface area (Å²) in [5.41, 5.74) is 7.34. The fourth-order valence-electron chi connectivity index (χ4n) is 4.02. The molecule has 0 aliphatic rings. The van der Waals surface area contributed by atoms with Gasteiger partial charge in [-0.2, -0.15) is 0 Å². The molecule has 1 nitrogen and oxygen atoms in total. The molecule has 5 aromatic rings. The van der Waals surface area contributed by atoms with Gasteiger partial charge in [-0.15, -0.1) is 0 Å². The van der Waals surface area contributed by atoms with E-state index in [9.17, 15) is 0 Å². The summed E-state index contributed by atoms with van der Waals surface area (Å²) in [6, 6.07) is 43.1. The monoisotopic (exact) mass is 385 g/mol. The number of benzene rings is 5. The van der Waals surface area contributed by atoms with Crippen LogP contribution in [-0.2, 0) is 0 Å². The number of fused-ring (bicyclic) bond motifs is 1. The topological polar surface area (TPSA) is 3.24 Å². The van der Waals surface area contributed by atoms with E-state index in [1.807, 2.05) is 0 Å². The van der Waals surface area contributed by atoms with Crippen molar-refractivity contribution >= 4 is 22.1 Å². The largest absolute Gasteiger partial charge is 0.344 e. The van der Waals surface area contributed by atoms with Gasteiger partial charge in [-0.1, -0.05) is 97.1 Å². The predicted molar refractivity (Wildman–Crippen MR) is 129 cm³/mol. The van der Waals surface area contributed by atoms with Gasteiger partial charge in [0.05, 0.1) is 0 Å². The van der Waals surface area contributed by atoms with E-state index in [0.29, 0.717) is 0 Å². The first-order chi connectivity index (χ1) is 14.8. The summed E-state index contributed by atoms with van der Waals surface area (Å²) in [4.78, 5) is 2.27. The van der Waals surface area contributed by atoms with Crippen LogP contribution in [0, 0.1) is 0 Å². The van der Waals surface area contributed by atoms with E-state index in [1.54, 1.807) is 0 Å². The molecule has 30 heavy (non-hydrogen) atoms. The van der Waals surface area contributed by atoms with Gasteiger partial charge >= 0.3 is 0 Å². The molecule has 0 saturated heterocycles. The van der Waals surface area contributed by atoms with E-state index in [2.05, 4.69) is 133 Å². The summed E-state index contributed by atoms with van der Waals surface area (Å²) in [7, 11) is 2.14. The van der Waals surface area contributed by atoms with E-state index in [-0.39, 0.29) is 0 Å². The third-order valence-electron chi connectivity index (χ3n) is 5.67. The van der Waals surface area contributed by atoms with Crippen molar-refractivity contribution in [1.82, 2.24) is 0 Å². The minimum atomic E-state index is 1.18. The first-order valence-corrected chi connectivity index (χ1v) is 10.3. The van der Waals surface area contributed by atoms with Crippen molar-refractivity contribution < 1.29 is 0 Å². The Bertz CT molecular complexity index is 1290. The second-order valence-electron chi connectivity index (χ2n) is 7.55. The Hall–Kier alpha value is -3.84. The van der Waals surface area contributed by atoms with E-state index >= 15 is 0 Å². The highest BCUT2D eigenvalue weighted by molar-refractivity contribution is 5.91. The first kappa shape index (κ1) is 18.2. The zero-order chi connectivity index (χ0) is 20.3.